The van der Waals surface area contributed by atoms with Gasteiger partial charge in [0, 0.05) is 23.0 Å². The number of fused-ring (bicyclic) bond motifs is 1. The molecule has 0 bridgehead atoms. The minimum absolute atomic E-state index is 0.0467. The molecule has 2 aliphatic rings. The summed E-state index contributed by atoms with van der Waals surface area (Å²) in [4.78, 5) is 22.6. The second-order valence-corrected chi connectivity index (χ2v) is 6.46. The van der Waals surface area contributed by atoms with Crippen LogP contribution in [0, 0.1) is 29.1 Å². The predicted molar refractivity (Wildman–Crippen MR) is 78.3 cm³/mol. The van der Waals surface area contributed by atoms with E-state index in [9.17, 15) is 14.7 Å². The Bertz CT molecular complexity index is 629. The molecule has 0 aliphatic heterocycles. The number of hydrogen-bond donors (Lipinski definition) is 2. The highest BCUT2D eigenvalue weighted by Crippen LogP contribution is 2.63. The van der Waals surface area contributed by atoms with Crippen LogP contribution in [0.5, 0.6) is 0 Å². The van der Waals surface area contributed by atoms with E-state index >= 15 is 0 Å². The van der Waals surface area contributed by atoms with E-state index in [2.05, 4.69) is 11.8 Å². The van der Waals surface area contributed by atoms with E-state index in [0.29, 0.717) is 17.6 Å². The van der Waals surface area contributed by atoms with Crippen molar-refractivity contribution in [2.24, 2.45) is 17.3 Å². The van der Waals surface area contributed by atoms with E-state index in [1.54, 1.807) is 6.92 Å². The Kier molecular flexibility index (Phi) is 3.59. The van der Waals surface area contributed by atoms with Gasteiger partial charge < -0.3 is 10.2 Å². The number of allylic oxidation sites excluding steroid dienone is 2. The van der Waals surface area contributed by atoms with Gasteiger partial charge in [0.25, 0.3) is 0 Å². The van der Waals surface area contributed by atoms with Crippen molar-refractivity contribution in [2.75, 3.05) is 0 Å². The highest BCUT2D eigenvalue weighted by atomic mass is 16.4. The molecule has 1 saturated carbocycles. The summed E-state index contributed by atoms with van der Waals surface area (Å²) in [6, 6.07) is 0. The number of aliphatic carboxylic acids is 1. The van der Waals surface area contributed by atoms with Gasteiger partial charge in [-0.05, 0) is 30.9 Å². The third kappa shape index (κ3) is 2.43. The van der Waals surface area contributed by atoms with Crippen LogP contribution in [0.2, 0.25) is 0 Å². The Morgan fingerprint density at radius 1 is 1.52 bits per heavy atom. The van der Waals surface area contributed by atoms with Crippen LogP contribution in [0.4, 0.5) is 0 Å². The summed E-state index contributed by atoms with van der Waals surface area (Å²) in [5.41, 5.74) is -0.921. The Labute approximate surface area is 124 Å². The first kappa shape index (κ1) is 15.5. The smallest absolute Gasteiger partial charge is 0.329 e. The predicted octanol–water partition coefficient (Wildman–Crippen LogP) is 1.94. The maximum atomic E-state index is 11.8. The van der Waals surface area contributed by atoms with Crippen LogP contribution in [0.3, 0.4) is 0 Å². The molecule has 0 radical (unpaired) electrons. The summed E-state index contributed by atoms with van der Waals surface area (Å²) in [5.74, 6) is 4.43. The number of hydrogen-bond acceptors (Lipinski definition) is 3. The minimum Gasteiger partial charge on any atom is -0.478 e. The van der Waals surface area contributed by atoms with Gasteiger partial charge in [0.2, 0.25) is 0 Å². The summed E-state index contributed by atoms with van der Waals surface area (Å²) in [7, 11) is 0. The molecular weight excluding hydrogens is 268 g/mol. The first-order valence-electron chi connectivity index (χ1n) is 7.04. The van der Waals surface area contributed by atoms with Crippen molar-refractivity contribution in [1.29, 1.82) is 0 Å². The molecule has 4 nitrogen and oxygen atoms in total. The van der Waals surface area contributed by atoms with Crippen molar-refractivity contribution in [1.82, 2.24) is 0 Å². The van der Waals surface area contributed by atoms with Crippen LogP contribution < -0.4 is 0 Å². The quantitative estimate of drug-likeness (QED) is 0.601. The van der Waals surface area contributed by atoms with E-state index in [1.807, 2.05) is 20.8 Å². The average molecular weight is 288 g/mol. The molecule has 2 N–H and O–H groups in total. The van der Waals surface area contributed by atoms with Crippen molar-refractivity contribution in [3.05, 3.63) is 23.3 Å². The molecule has 0 amide bonds. The molecular formula is C17H20O4. The molecule has 21 heavy (non-hydrogen) atoms. The molecule has 0 aromatic rings. The van der Waals surface area contributed by atoms with Gasteiger partial charge in [-0.2, -0.15) is 0 Å². The average Bonchev–Trinajstić information content (AvgIpc) is 3.06. The van der Waals surface area contributed by atoms with Crippen LogP contribution in [0.1, 0.15) is 34.1 Å². The minimum atomic E-state index is -1.36. The zero-order chi connectivity index (χ0) is 16.0. The van der Waals surface area contributed by atoms with Crippen LogP contribution in [-0.2, 0) is 9.59 Å². The Morgan fingerprint density at radius 3 is 2.67 bits per heavy atom. The van der Waals surface area contributed by atoms with Crippen LogP contribution >= 0.6 is 0 Å². The number of ketones is 1. The number of aliphatic hydroxyl groups is 1. The molecule has 0 aromatic heterocycles. The second kappa shape index (κ2) is 4.85. The van der Waals surface area contributed by atoms with Gasteiger partial charge in [-0.15, -0.1) is 0 Å². The lowest BCUT2D eigenvalue weighted by Gasteiger charge is -2.34. The van der Waals surface area contributed by atoms with E-state index in [1.165, 1.54) is 6.08 Å². The molecule has 2 rings (SSSR count). The van der Waals surface area contributed by atoms with Crippen molar-refractivity contribution >= 4 is 11.8 Å². The summed E-state index contributed by atoms with van der Waals surface area (Å²) >= 11 is 0. The normalized spacial score (nSPS) is 34.8. The van der Waals surface area contributed by atoms with Crippen LogP contribution in [-0.4, -0.2) is 27.6 Å². The van der Waals surface area contributed by atoms with Gasteiger partial charge in [-0.3, -0.25) is 4.79 Å². The lowest BCUT2D eigenvalue weighted by Crippen LogP contribution is -2.42. The SMILES string of the molecule is CC1=CC(=O)C2CC2(C)C1(O)C#C/C(=C\C(=O)O)C(C)C. The monoisotopic (exact) mass is 288 g/mol. The van der Waals surface area contributed by atoms with Gasteiger partial charge in [0.1, 0.15) is 0 Å². The number of carbonyl (C=O) groups excluding carboxylic acids is 1. The van der Waals surface area contributed by atoms with Gasteiger partial charge in [0.05, 0.1) is 0 Å². The molecule has 0 heterocycles. The zero-order valence-corrected chi connectivity index (χ0v) is 12.7. The van der Waals surface area contributed by atoms with E-state index in [-0.39, 0.29) is 17.6 Å². The van der Waals surface area contributed by atoms with E-state index in [0.717, 1.165) is 6.08 Å². The molecule has 4 heteroatoms. The first-order valence-corrected chi connectivity index (χ1v) is 7.04. The summed E-state index contributed by atoms with van der Waals surface area (Å²) in [6.45, 7) is 7.25. The van der Waals surface area contributed by atoms with Crippen molar-refractivity contribution in [3.8, 4) is 11.8 Å². The summed E-state index contributed by atoms with van der Waals surface area (Å²) in [5, 5.41) is 19.8. The standard InChI is InChI=1S/C17H20O4/c1-10(2)12(8-15(19)20)5-6-17(21)11(3)7-14(18)13-9-16(13,17)4/h7-8,10,13,21H,9H2,1-4H3,(H,19,20)/b12-8+. The third-order valence-corrected chi connectivity index (χ3v) is 4.63. The zero-order valence-electron chi connectivity index (χ0n) is 12.7. The fraction of sp³-hybridized carbons (Fsp3) is 0.529. The highest BCUT2D eigenvalue weighted by molar-refractivity contribution is 5.98. The Hall–Kier alpha value is -1.86. The molecule has 2 aliphatic carbocycles. The maximum Gasteiger partial charge on any atom is 0.329 e. The van der Waals surface area contributed by atoms with Gasteiger partial charge >= 0.3 is 5.97 Å². The number of carboxylic acid groups (broad SMARTS) is 1. The van der Waals surface area contributed by atoms with Gasteiger partial charge in [-0.25, -0.2) is 4.79 Å². The first-order chi connectivity index (χ1) is 9.61. The fourth-order valence-corrected chi connectivity index (χ4v) is 2.93. The Balaban J connectivity index is 2.43. The second-order valence-electron chi connectivity index (χ2n) is 6.46. The molecule has 1 fully saturated rings. The molecule has 3 unspecified atom stereocenters. The van der Waals surface area contributed by atoms with Crippen molar-refractivity contribution in [2.45, 2.75) is 39.7 Å². The van der Waals surface area contributed by atoms with Crippen LogP contribution in [0.25, 0.3) is 0 Å². The molecule has 112 valence electrons. The van der Waals surface area contributed by atoms with Crippen molar-refractivity contribution < 1.29 is 19.8 Å². The van der Waals surface area contributed by atoms with Gasteiger partial charge in [0.15, 0.2) is 11.4 Å². The lowest BCUT2D eigenvalue weighted by atomic mass is 9.74. The topological polar surface area (TPSA) is 74.6 Å². The number of rotatable bonds is 2. The number of carboxylic acids is 1. The molecule has 0 aromatic carbocycles. The summed E-state index contributed by atoms with van der Waals surface area (Å²) < 4.78 is 0. The van der Waals surface area contributed by atoms with E-state index in [4.69, 9.17) is 5.11 Å². The molecule has 3 atom stereocenters. The lowest BCUT2D eigenvalue weighted by molar-refractivity contribution is -0.131. The highest BCUT2D eigenvalue weighted by Gasteiger charge is 2.67. The Morgan fingerprint density at radius 2 is 2.14 bits per heavy atom. The fourth-order valence-electron chi connectivity index (χ4n) is 2.93. The molecule has 0 spiro atoms. The third-order valence-electron chi connectivity index (χ3n) is 4.63. The maximum absolute atomic E-state index is 11.8. The summed E-state index contributed by atoms with van der Waals surface area (Å²) in [6.07, 6.45) is 3.15. The largest absolute Gasteiger partial charge is 0.478 e. The van der Waals surface area contributed by atoms with Crippen molar-refractivity contribution in [3.63, 3.8) is 0 Å². The number of carbonyl (C=O) groups is 2. The van der Waals surface area contributed by atoms with Gasteiger partial charge in [-0.1, -0.05) is 32.6 Å². The van der Waals surface area contributed by atoms with E-state index < -0.39 is 17.0 Å². The molecule has 0 saturated heterocycles. The van der Waals surface area contributed by atoms with Crippen LogP contribution in [0.15, 0.2) is 23.3 Å².